The zero-order valence-electron chi connectivity index (χ0n) is 10.0. The smallest absolute Gasteiger partial charge is 0.315 e. The lowest BCUT2D eigenvalue weighted by molar-refractivity contribution is -0.139. The maximum Gasteiger partial charge on any atom is 0.315 e. The Morgan fingerprint density at radius 2 is 2.39 bits per heavy atom. The Bertz CT molecular complexity index is 553. The van der Waals surface area contributed by atoms with Crippen LogP contribution in [0.1, 0.15) is 12.8 Å². The quantitative estimate of drug-likeness (QED) is 0.660. The highest BCUT2D eigenvalue weighted by Gasteiger charge is 2.09. The summed E-state index contributed by atoms with van der Waals surface area (Å²) in [5.41, 5.74) is 7.72. The van der Waals surface area contributed by atoms with Gasteiger partial charge in [0.1, 0.15) is 5.52 Å². The standard InChI is InChI=1S/C12H14N2O3S/c1-2-16-11(15)7-18-6-10-14-12-8(13)4-3-5-9(12)17-10/h3-5H,2,6-7,13H2,1H3. The number of nitrogens with zero attached hydrogens (tertiary/aromatic N) is 1. The fraction of sp³-hybridized carbons (Fsp3) is 0.333. The lowest BCUT2D eigenvalue weighted by atomic mass is 10.3. The van der Waals surface area contributed by atoms with Crippen molar-refractivity contribution in [2.75, 3.05) is 18.1 Å². The molecule has 0 unspecified atom stereocenters. The first-order valence-corrected chi connectivity index (χ1v) is 6.73. The lowest BCUT2D eigenvalue weighted by Crippen LogP contribution is -2.06. The molecule has 0 saturated carbocycles. The van der Waals surface area contributed by atoms with Gasteiger partial charge in [-0.3, -0.25) is 4.79 Å². The number of nitrogen functional groups attached to an aromatic ring is 1. The summed E-state index contributed by atoms with van der Waals surface area (Å²) in [6.45, 7) is 2.19. The second-order valence-corrected chi connectivity index (χ2v) is 4.59. The molecule has 1 aromatic carbocycles. The summed E-state index contributed by atoms with van der Waals surface area (Å²) in [4.78, 5) is 15.4. The van der Waals surface area contributed by atoms with Gasteiger partial charge in [-0.1, -0.05) is 6.07 Å². The van der Waals surface area contributed by atoms with E-state index in [1.165, 1.54) is 11.8 Å². The van der Waals surface area contributed by atoms with Gasteiger partial charge in [0, 0.05) is 0 Å². The predicted molar refractivity (Wildman–Crippen MR) is 71.2 cm³/mol. The third kappa shape index (κ3) is 2.95. The molecule has 0 aliphatic rings. The summed E-state index contributed by atoms with van der Waals surface area (Å²) >= 11 is 1.40. The number of benzene rings is 1. The van der Waals surface area contributed by atoms with Crippen LogP contribution in [-0.2, 0) is 15.3 Å². The van der Waals surface area contributed by atoms with Gasteiger partial charge >= 0.3 is 5.97 Å². The van der Waals surface area contributed by atoms with Gasteiger partial charge in [-0.15, -0.1) is 11.8 Å². The zero-order chi connectivity index (χ0) is 13.0. The van der Waals surface area contributed by atoms with Crippen molar-refractivity contribution in [3.8, 4) is 0 Å². The summed E-state index contributed by atoms with van der Waals surface area (Å²) in [6, 6.07) is 5.41. The number of ether oxygens (including phenoxy) is 1. The number of hydrogen-bond donors (Lipinski definition) is 1. The number of rotatable bonds is 5. The molecule has 0 atom stereocenters. The van der Waals surface area contributed by atoms with Crippen LogP contribution in [0.4, 0.5) is 5.69 Å². The van der Waals surface area contributed by atoms with Crippen LogP contribution in [0.3, 0.4) is 0 Å². The molecule has 0 radical (unpaired) electrons. The molecule has 0 fully saturated rings. The van der Waals surface area contributed by atoms with Crippen molar-refractivity contribution in [3.05, 3.63) is 24.1 Å². The highest BCUT2D eigenvalue weighted by Crippen LogP contribution is 2.23. The van der Waals surface area contributed by atoms with E-state index in [2.05, 4.69) is 4.98 Å². The van der Waals surface area contributed by atoms with Crippen LogP contribution >= 0.6 is 11.8 Å². The van der Waals surface area contributed by atoms with E-state index in [1.807, 2.05) is 12.1 Å². The number of esters is 1. The third-order valence-electron chi connectivity index (χ3n) is 2.25. The number of anilines is 1. The number of thioether (sulfide) groups is 1. The van der Waals surface area contributed by atoms with E-state index in [-0.39, 0.29) is 5.97 Å². The molecule has 0 saturated heterocycles. The van der Waals surface area contributed by atoms with Crippen LogP contribution in [0.5, 0.6) is 0 Å². The van der Waals surface area contributed by atoms with Crippen LogP contribution in [0, 0.1) is 0 Å². The number of aromatic nitrogens is 1. The number of nitrogens with two attached hydrogens (primary N) is 1. The molecule has 2 aromatic rings. The minimum Gasteiger partial charge on any atom is -0.465 e. The molecule has 0 aliphatic carbocycles. The first kappa shape index (κ1) is 12.8. The van der Waals surface area contributed by atoms with E-state index in [9.17, 15) is 4.79 Å². The van der Waals surface area contributed by atoms with E-state index in [0.29, 0.717) is 40.8 Å². The maximum atomic E-state index is 11.1. The second-order valence-electron chi connectivity index (χ2n) is 3.60. The van der Waals surface area contributed by atoms with E-state index in [4.69, 9.17) is 14.9 Å². The second kappa shape index (κ2) is 5.77. The Morgan fingerprint density at radius 3 is 3.11 bits per heavy atom. The first-order valence-electron chi connectivity index (χ1n) is 5.58. The average Bonchev–Trinajstić information content (AvgIpc) is 2.74. The summed E-state index contributed by atoms with van der Waals surface area (Å²) in [5.74, 6) is 1.16. The Kier molecular flexibility index (Phi) is 4.09. The average molecular weight is 266 g/mol. The highest BCUT2D eigenvalue weighted by atomic mass is 32.2. The first-order chi connectivity index (χ1) is 8.70. The fourth-order valence-corrected chi connectivity index (χ4v) is 2.15. The SMILES string of the molecule is CCOC(=O)CSCc1nc2c(N)cccc2o1. The molecular formula is C12H14N2O3S. The Balaban J connectivity index is 1.96. The van der Waals surface area contributed by atoms with Crippen LogP contribution in [0.2, 0.25) is 0 Å². The van der Waals surface area contributed by atoms with Crippen LogP contribution in [0.15, 0.2) is 22.6 Å². The molecule has 18 heavy (non-hydrogen) atoms. The summed E-state index contributed by atoms with van der Waals surface area (Å²) < 4.78 is 10.4. The highest BCUT2D eigenvalue weighted by molar-refractivity contribution is 7.99. The lowest BCUT2D eigenvalue weighted by Gasteiger charge is -1.99. The summed E-state index contributed by atoms with van der Waals surface area (Å²) in [7, 11) is 0. The number of carbonyl (C=O) groups is 1. The van der Waals surface area contributed by atoms with Gasteiger partial charge in [0.2, 0.25) is 5.89 Å². The number of para-hydroxylation sites is 1. The monoisotopic (exact) mass is 266 g/mol. The van der Waals surface area contributed by atoms with Crippen LogP contribution in [-0.4, -0.2) is 23.3 Å². The van der Waals surface area contributed by atoms with Gasteiger partial charge < -0.3 is 14.9 Å². The molecule has 0 amide bonds. The number of carbonyl (C=O) groups excluding carboxylic acids is 1. The molecule has 6 heteroatoms. The van der Waals surface area contributed by atoms with Gasteiger partial charge in [-0.25, -0.2) is 4.98 Å². The van der Waals surface area contributed by atoms with E-state index >= 15 is 0 Å². The van der Waals surface area contributed by atoms with Gasteiger partial charge in [-0.05, 0) is 19.1 Å². The largest absolute Gasteiger partial charge is 0.465 e. The van der Waals surface area contributed by atoms with Crippen LogP contribution in [0.25, 0.3) is 11.1 Å². The molecule has 2 rings (SSSR count). The van der Waals surface area contributed by atoms with E-state index in [0.717, 1.165) is 0 Å². The van der Waals surface area contributed by atoms with E-state index in [1.54, 1.807) is 13.0 Å². The molecule has 0 bridgehead atoms. The third-order valence-corrected chi connectivity index (χ3v) is 3.14. The maximum absolute atomic E-state index is 11.1. The molecule has 2 N–H and O–H groups in total. The molecule has 5 nitrogen and oxygen atoms in total. The van der Waals surface area contributed by atoms with Gasteiger partial charge in [0.15, 0.2) is 5.58 Å². The minimum absolute atomic E-state index is 0.224. The van der Waals surface area contributed by atoms with Crippen molar-refractivity contribution < 1.29 is 13.9 Å². The van der Waals surface area contributed by atoms with Gasteiger partial charge in [-0.2, -0.15) is 0 Å². The van der Waals surface area contributed by atoms with Crippen molar-refractivity contribution in [2.45, 2.75) is 12.7 Å². The van der Waals surface area contributed by atoms with Crippen molar-refractivity contribution in [2.24, 2.45) is 0 Å². The molecule has 96 valence electrons. The molecule has 1 heterocycles. The Morgan fingerprint density at radius 1 is 1.56 bits per heavy atom. The predicted octanol–water partition coefficient (Wildman–Crippen LogP) is 2.21. The van der Waals surface area contributed by atoms with Crippen molar-refractivity contribution in [3.63, 3.8) is 0 Å². The number of oxazole rings is 1. The van der Waals surface area contributed by atoms with Crippen LogP contribution < -0.4 is 5.73 Å². The Hall–Kier alpha value is -1.69. The van der Waals surface area contributed by atoms with Crippen molar-refractivity contribution in [1.29, 1.82) is 0 Å². The molecule has 0 aliphatic heterocycles. The van der Waals surface area contributed by atoms with Crippen molar-refractivity contribution >= 4 is 34.5 Å². The number of hydrogen-bond acceptors (Lipinski definition) is 6. The molecule has 0 spiro atoms. The topological polar surface area (TPSA) is 78.3 Å². The number of fused-ring (bicyclic) bond motifs is 1. The summed E-state index contributed by atoms with van der Waals surface area (Å²) in [5, 5.41) is 0. The molecule has 1 aromatic heterocycles. The Labute approximate surface area is 109 Å². The van der Waals surface area contributed by atoms with Gasteiger partial charge in [0.25, 0.3) is 0 Å². The fourth-order valence-electron chi connectivity index (χ4n) is 1.50. The summed E-state index contributed by atoms with van der Waals surface area (Å²) in [6.07, 6.45) is 0. The zero-order valence-corrected chi connectivity index (χ0v) is 10.8. The minimum atomic E-state index is -0.224. The van der Waals surface area contributed by atoms with Crippen molar-refractivity contribution in [1.82, 2.24) is 4.98 Å². The normalized spacial score (nSPS) is 10.7. The molecular weight excluding hydrogens is 252 g/mol. The van der Waals surface area contributed by atoms with E-state index < -0.39 is 0 Å². The van der Waals surface area contributed by atoms with Gasteiger partial charge in [0.05, 0.1) is 23.8 Å².